The van der Waals surface area contributed by atoms with Gasteiger partial charge in [-0.25, -0.2) is 0 Å². The zero-order chi connectivity index (χ0) is 16.9. The predicted octanol–water partition coefficient (Wildman–Crippen LogP) is 2.21. The van der Waals surface area contributed by atoms with Gasteiger partial charge >= 0.3 is 0 Å². The van der Waals surface area contributed by atoms with Gasteiger partial charge in [0.25, 0.3) is 0 Å². The molecule has 1 aromatic carbocycles. The van der Waals surface area contributed by atoms with E-state index in [4.69, 9.17) is 4.74 Å². The van der Waals surface area contributed by atoms with Crippen molar-refractivity contribution in [3.63, 3.8) is 0 Å². The molecular weight excluding hydrogens is 304 g/mol. The maximum absolute atomic E-state index is 12.5. The van der Waals surface area contributed by atoms with Crippen molar-refractivity contribution >= 4 is 11.8 Å². The third-order valence-electron chi connectivity index (χ3n) is 5.00. The number of fused-ring (bicyclic) bond motifs is 1. The summed E-state index contributed by atoms with van der Waals surface area (Å²) in [5.41, 5.74) is 1.14. The smallest absolute Gasteiger partial charge is 0.245 e. The SMILES string of the molecule is C[C@H]1C(=O)N2CCC[C@@H]2CN1C(=O)CCCOCc1ccccc1. The van der Waals surface area contributed by atoms with Gasteiger partial charge in [0.05, 0.1) is 6.61 Å². The number of hydrogen-bond donors (Lipinski definition) is 0. The molecule has 0 unspecified atom stereocenters. The third kappa shape index (κ3) is 3.78. The lowest BCUT2D eigenvalue weighted by molar-refractivity contribution is -0.152. The Morgan fingerprint density at radius 1 is 1.29 bits per heavy atom. The van der Waals surface area contributed by atoms with E-state index in [1.165, 1.54) is 0 Å². The van der Waals surface area contributed by atoms with E-state index in [-0.39, 0.29) is 23.9 Å². The summed E-state index contributed by atoms with van der Waals surface area (Å²) in [6.45, 7) is 4.53. The Labute approximate surface area is 143 Å². The predicted molar refractivity (Wildman–Crippen MR) is 91.2 cm³/mol. The Kier molecular flexibility index (Phi) is 5.51. The average molecular weight is 330 g/mol. The summed E-state index contributed by atoms with van der Waals surface area (Å²) < 4.78 is 5.63. The molecule has 5 nitrogen and oxygen atoms in total. The van der Waals surface area contributed by atoms with Crippen molar-refractivity contribution in [2.45, 2.75) is 51.3 Å². The molecule has 5 heteroatoms. The van der Waals surface area contributed by atoms with E-state index in [2.05, 4.69) is 0 Å². The molecule has 24 heavy (non-hydrogen) atoms. The monoisotopic (exact) mass is 330 g/mol. The van der Waals surface area contributed by atoms with E-state index < -0.39 is 0 Å². The van der Waals surface area contributed by atoms with Gasteiger partial charge in [0.2, 0.25) is 11.8 Å². The number of hydrogen-bond acceptors (Lipinski definition) is 3. The molecule has 2 aliphatic rings. The summed E-state index contributed by atoms with van der Waals surface area (Å²) in [7, 11) is 0. The van der Waals surface area contributed by atoms with Crippen LogP contribution in [0.5, 0.6) is 0 Å². The molecule has 0 bridgehead atoms. The van der Waals surface area contributed by atoms with Crippen molar-refractivity contribution < 1.29 is 14.3 Å². The number of nitrogens with zero attached hydrogens (tertiary/aromatic N) is 2. The van der Waals surface area contributed by atoms with Crippen LogP contribution < -0.4 is 0 Å². The highest BCUT2D eigenvalue weighted by atomic mass is 16.5. The second-order valence-electron chi connectivity index (χ2n) is 6.69. The molecule has 0 aliphatic carbocycles. The van der Waals surface area contributed by atoms with E-state index in [1.54, 1.807) is 4.90 Å². The summed E-state index contributed by atoms with van der Waals surface area (Å²) in [6.07, 6.45) is 3.21. The largest absolute Gasteiger partial charge is 0.377 e. The molecule has 130 valence electrons. The van der Waals surface area contributed by atoms with Gasteiger partial charge < -0.3 is 14.5 Å². The second-order valence-corrected chi connectivity index (χ2v) is 6.69. The lowest BCUT2D eigenvalue weighted by Gasteiger charge is -2.41. The molecule has 2 atom stereocenters. The first-order chi connectivity index (χ1) is 11.7. The van der Waals surface area contributed by atoms with Crippen LogP contribution in [-0.4, -0.2) is 53.4 Å². The van der Waals surface area contributed by atoms with Gasteiger partial charge in [0, 0.05) is 32.2 Å². The van der Waals surface area contributed by atoms with Crippen molar-refractivity contribution in [2.75, 3.05) is 19.7 Å². The van der Waals surface area contributed by atoms with Crippen LogP contribution in [0, 0.1) is 0 Å². The highest BCUT2D eigenvalue weighted by Crippen LogP contribution is 2.26. The Bertz CT molecular complexity index is 575. The Morgan fingerprint density at radius 3 is 2.88 bits per heavy atom. The Balaban J connectivity index is 1.41. The van der Waals surface area contributed by atoms with Gasteiger partial charge in [-0.2, -0.15) is 0 Å². The zero-order valence-electron chi connectivity index (χ0n) is 14.3. The number of amides is 2. The summed E-state index contributed by atoms with van der Waals surface area (Å²) >= 11 is 0. The minimum absolute atomic E-state index is 0.0747. The molecule has 0 aromatic heterocycles. The number of carbonyl (C=O) groups is 2. The van der Waals surface area contributed by atoms with E-state index >= 15 is 0 Å². The first-order valence-electron chi connectivity index (χ1n) is 8.88. The van der Waals surface area contributed by atoms with Crippen LogP contribution in [-0.2, 0) is 20.9 Å². The van der Waals surface area contributed by atoms with Crippen molar-refractivity contribution in [3.05, 3.63) is 35.9 Å². The molecule has 0 spiro atoms. The van der Waals surface area contributed by atoms with Gasteiger partial charge in [-0.05, 0) is 31.7 Å². The first-order valence-corrected chi connectivity index (χ1v) is 8.88. The molecule has 3 rings (SSSR count). The molecule has 0 radical (unpaired) electrons. The van der Waals surface area contributed by atoms with Gasteiger partial charge in [-0.15, -0.1) is 0 Å². The minimum Gasteiger partial charge on any atom is -0.377 e. The standard InChI is InChI=1S/C19H26N2O3/c1-15-19(23)20-11-5-9-17(20)13-21(15)18(22)10-6-12-24-14-16-7-3-2-4-8-16/h2-4,7-8,15,17H,5-6,9-14H2,1H3/t15-,17+/m0/s1. The zero-order valence-corrected chi connectivity index (χ0v) is 14.3. The Hall–Kier alpha value is -1.88. The van der Waals surface area contributed by atoms with E-state index in [0.29, 0.717) is 32.6 Å². The fourth-order valence-electron chi connectivity index (χ4n) is 3.63. The number of piperazine rings is 1. The lowest BCUT2D eigenvalue weighted by atomic mass is 10.1. The minimum atomic E-state index is -0.322. The number of ether oxygens (including phenoxy) is 1. The second kappa shape index (κ2) is 7.79. The fraction of sp³-hybridized carbons (Fsp3) is 0.579. The molecule has 2 heterocycles. The van der Waals surface area contributed by atoms with E-state index in [9.17, 15) is 9.59 Å². The van der Waals surface area contributed by atoms with Crippen molar-refractivity contribution in [1.82, 2.24) is 9.80 Å². The molecule has 0 saturated carbocycles. The van der Waals surface area contributed by atoms with Crippen LogP contribution in [0.4, 0.5) is 0 Å². The van der Waals surface area contributed by atoms with Crippen LogP contribution in [0.2, 0.25) is 0 Å². The highest BCUT2D eigenvalue weighted by Gasteiger charge is 2.41. The molecular formula is C19H26N2O3. The van der Waals surface area contributed by atoms with E-state index in [0.717, 1.165) is 24.9 Å². The molecule has 1 aromatic rings. The summed E-state index contributed by atoms with van der Waals surface area (Å²) in [5, 5.41) is 0. The van der Waals surface area contributed by atoms with Crippen LogP contribution in [0.15, 0.2) is 30.3 Å². The number of carbonyl (C=O) groups excluding carboxylic acids is 2. The average Bonchev–Trinajstić information content (AvgIpc) is 3.07. The first kappa shape index (κ1) is 17.0. The molecule has 2 amide bonds. The normalized spacial score (nSPS) is 23.5. The van der Waals surface area contributed by atoms with E-state index in [1.807, 2.05) is 42.2 Å². The maximum atomic E-state index is 12.5. The molecule has 2 fully saturated rings. The molecule has 2 aliphatic heterocycles. The van der Waals surface area contributed by atoms with Gasteiger partial charge in [-0.1, -0.05) is 30.3 Å². The topological polar surface area (TPSA) is 49.9 Å². The van der Waals surface area contributed by atoms with Crippen molar-refractivity contribution in [3.8, 4) is 0 Å². The Morgan fingerprint density at radius 2 is 2.08 bits per heavy atom. The van der Waals surface area contributed by atoms with Gasteiger partial charge in [0.15, 0.2) is 0 Å². The number of rotatable bonds is 6. The summed E-state index contributed by atoms with van der Waals surface area (Å²) in [6, 6.07) is 9.92. The van der Waals surface area contributed by atoms with Crippen LogP contribution >= 0.6 is 0 Å². The highest BCUT2D eigenvalue weighted by molar-refractivity contribution is 5.89. The van der Waals surface area contributed by atoms with Gasteiger partial charge in [-0.3, -0.25) is 9.59 Å². The molecule has 2 saturated heterocycles. The maximum Gasteiger partial charge on any atom is 0.245 e. The van der Waals surface area contributed by atoms with Gasteiger partial charge in [0.1, 0.15) is 6.04 Å². The summed E-state index contributed by atoms with van der Waals surface area (Å²) in [4.78, 5) is 28.6. The van der Waals surface area contributed by atoms with Crippen LogP contribution in [0.1, 0.15) is 38.2 Å². The summed E-state index contributed by atoms with van der Waals surface area (Å²) in [5.74, 6) is 0.183. The van der Waals surface area contributed by atoms with Crippen molar-refractivity contribution in [2.24, 2.45) is 0 Å². The third-order valence-corrected chi connectivity index (χ3v) is 5.00. The molecule has 0 N–H and O–H groups in total. The van der Waals surface area contributed by atoms with Crippen LogP contribution in [0.25, 0.3) is 0 Å². The quantitative estimate of drug-likeness (QED) is 0.752. The van der Waals surface area contributed by atoms with Crippen molar-refractivity contribution in [1.29, 1.82) is 0 Å². The fourth-order valence-corrected chi connectivity index (χ4v) is 3.63. The number of benzene rings is 1. The van der Waals surface area contributed by atoms with Crippen LogP contribution in [0.3, 0.4) is 0 Å². The lowest BCUT2D eigenvalue weighted by Crippen LogP contribution is -2.60.